The third-order valence-electron chi connectivity index (χ3n) is 2.27. The van der Waals surface area contributed by atoms with Crippen molar-refractivity contribution >= 4 is 0 Å². The highest BCUT2D eigenvalue weighted by molar-refractivity contribution is 4.90. The van der Waals surface area contributed by atoms with Gasteiger partial charge in [-0.25, -0.2) is 0 Å². The van der Waals surface area contributed by atoms with E-state index in [1.807, 2.05) is 0 Å². The predicted molar refractivity (Wildman–Crippen MR) is 42.9 cm³/mol. The summed E-state index contributed by atoms with van der Waals surface area (Å²) < 4.78 is 5.35. The van der Waals surface area contributed by atoms with Gasteiger partial charge in [-0.3, -0.25) is 0 Å². The standard InChI is InChI=1S/C7H12O.C2H4/c1-5-2-3-6-7(4-5)8-6;1-2/h5-7H,2-4H2,1H3;1-2H2. The van der Waals surface area contributed by atoms with Crippen LogP contribution in [-0.2, 0) is 4.74 Å². The highest BCUT2D eigenvalue weighted by Gasteiger charge is 2.42. The molecule has 2 aliphatic rings. The fraction of sp³-hybridized carbons (Fsp3) is 0.778. The Kier molecular flexibility index (Phi) is 2.50. The Morgan fingerprint density at radius 2 is 1.90 bits per heavy atom. The van der Waals surface area contributed by atoms with Crippen LogP contribution in [0, 0.1) is 5.92 Å². The van der Waals surface area contributed by atoms with Gasteiger partial charge < -0.3 is 4.74 Å². The molecular formula is C9H16O. The minimum atomic E-state index is 0.679. The zero-order valence-electron chi connectivity index (χ0n) is 6.68. The molecule has 3 unspecified atom stereocenters. The monoisotopic (exact) mass is 140 g/mol. The molecule has 1 heterocycles. The van der Waals surface area contributed by atoms with Gasteiger partial charge in [-0.15, -0.1) is 13.2 Å². The molecule has 1 heteroatoms. The lowest BCUT2D eigenvalue weighted by Crippen LogP contribution is -2.09. The van der Waals surface area contributed by atoms with Crippen molar-refractivity contribution in [2.75, 3.05) is 0 Å². The third kappa shape index (κ3) is 1.60. The van der Waals surface area contributed by atoms with Crippen LogP contribution in [0.4, 0.5) is 0 Å². The summed E-state index contributed by atoms with van der Waals surface area (Å²) in [6.07, 6.45) is 5.41. The molecule has 1 aliphatic carbocycles. The molecule has 0 N–H and O–H groups in total. The molecule has 0 radical (unpaired) electrons. The Bertz CT molecular complexity index is 111. The topological polar surface area (TPSA) is 12.5 Å². The molecule has 0 aromatic heterocycles. The quantitative estimate of drug-likeness (QED) is 0.372. The molecule has 1 nitrogen and oxygen atoms in total. The molecule has 10 heavy (non-hydrogen) atoms. The fourth-order valence-electron chi connectivity index (χ4n) is 1.60. The smallest absolute Gasteiger partial charge is 0.0844 e. The zero-order valence-corrected chi connectivity index (χ0v) is 6.68. The first-order valence-electron chi connectivity index (χ1n) is 4.02. The van der Waals surface area contributed by atoms with Gasteiger partial charge in [-0.1, -0.05) is 6.92 Å². The molecule has 0 spiro atoms. The molecule has 0 amide bonds. The van der Waals surface area contributed by atoms with E-state index in [-0.39, 0.29) is 0 Å². The maximum absolute atomic E-state index is 5.35. The lowest BCUT2D eigenvalue weighted by molar-refractivity contribution is 0.367. The van der Waals surface area contributed by atoms with Crippen LogP contribution in [0.1, 0.15) is 26.2 Å². The molecule has 2 fully saturated rings. The zero-order chi connectivity index (χ0) is 7.56. The maximum Gasteiger partial charge on any atom is 0.0844 e. The van der Waals surface area contributed by atoms with E-state index in [0.717, 1.165) is 5.92 Å². The van der Waals surface area contributed by atoms with E-state index >= 15 is 0 Å². The Hall–Kier alpha value is -0.300. The van der Waals surface area contributed by atoms with Gasteiger partial charge in [-0.05, 0) is 25.2 Å². The minimum absolute atomic E-state index is 0.679. The first-order valence-corrected chi connectivity index (χ1v) is 4.02. The van der Waals surface area contributed by atoms with Gasteiger partial charge in [0.05, 0.1) is 12.2 Å². The van der Waals surface area contributed by atoms with Crippen LogP contribution >= 0.6 is 0 Å². The van der Waals surface area contributed by atoms with Crippen molar-refractivity contribution in [2.24, 2.45) is 5.92 Å². The Morgan fingerprint density at radius 1 is 1.20 bits per heavy atom. The molecule has 3 atom stereocenters. The number of hydrogen-bond donors (Lipinski definition) is 0. The average Bonchev–Trinajstić information content (AvgIpc) is 2.70. The number of hydrogen-bond acceptors (Lipinski definition) is 1. The lowest BCUT2D eigenvalue weighted by atomic mass is 9.91. The molecule has 58 valence electrons. The van der Waals surface area contributed by atoms with Crippen molar-refractivity contribution in [3.8, 4) is 0 Å². The van der Waals surface area contributed by atoms with Crippen molar-refractivity contribution in [1.82, 2.24) is 0 Å². The highest BCUT2D eigenvalue weighted by atomic mass is 16.6. The summed E-state index contributed by atoms with van der Waals surface area (Å²) >= 11 is 0. The van der Waals surface area contributed by atoms with E-state index in [1.54, 1.807) is 0 Å². The summed E-state index contributed by atoms with van der Waals surface area (Å²) in [4.78, 5) is 0. The van der Waals surface area contributed by atoms with E-state index in [0.29, 0.717) is 12.2 Å². The Morgan fingerprint density at radius 3 is 2.40 bits per heavy atom. The normalized spacial score (nSPS) is 42.7. The molecule has 0 aromatic carbocycles. The van der Waals surface area contributed by atoms with Crippen LogP contribution in [-0.4, -0.2) is 12.2 Å². The van der Waals surface area contributed by atoms with Gasteiger partial charge in [0.1, 0.15) is 0 Å². The van der Waals surface area contributed by atoms with E-state index in [2.05, 4.69) is 20.1 Å². The number of epoxide rings is 1. The van der Waals surface area contributed by atoms with Gasteiger partial charge in [0, 0.05) is 0 Å². The van der Waals surface area contributed by atoms with Crippen molar-refractivity contribution < 1.29 is 4.74 Å². The lowest BCUT2D eigenvalue weighted by Gasteiger charge is -2.11. The summed E-state index contributed by atoms with van der Waals surface area (Å²) in [5.74, 6) is 0.929. The van der Waals surface area contributed by atoms with Crippen LogP contribution in [0.25, 0.3) is 0 Å². The van der Waals surface area contributed by atoms with Crippen LogP contribution < -0.4 is 0 Å². The van der Waals surface area contributed by atoms with Gasteiger partial charge in [0.2, 0.25) is 0 Å². The Balaban J connectivity index is 0.000000231. The summed E-state index contributed by atoms with van der Waals surface area (Å²) in [6, 6.07) is 0. The molecular weight excluding hydrogens is 124 g/mol. The van der Waals surface area contributed by atoms with Gasteiger partial charge in [0.25, 0.3) is 0 Å². The van der Waals surface area contributed by atoms with Gasteiger partial charge >= 0.3 is 0 Å². The fourth-order valence-corrected chi connectivity index (χ4v) is 1.60. The summed E-state index contributed by atoms with van der Waals surface area (Å²) in [6.45, 7) is 8.32. The molecule has 0 bridgehead atoms. The van der Waals surface area contributed by atoms with Gasteiger partial charge in [-0.2, -0.15) is 0 Å². The second-order valence-corrected chi connectivity index (χ2v) is 3.13. The van der Waals surface area contributed by atoms with Crippen LogP contribution in [0.2, 0.25) is 0 Å². The summed E-state index contributed by atoms with van der Waals surface area (Å²) in [5.41, 5.74) is 0. The van der Waals surface area contributed by atoms with E-state index < -0.39 is 0 Å². The molecule has 1 saturated carbocycles. The first-order chi connectivity index (χ1) is 4.86. The molecule has 0 aromatic rings. The molecule has 1 aliphatic heterocycles. The second-order valence-electron chi connectivity index (χ2n) is 3.13. The second kappa shape index (κ2) is 3.20. The third-order valence-corrected chi connectivity index (χ3v) is 2.27. The average molecular weight is 140 g/mol. The van der Waals surface area contributed by atoms with E-state index in [4.69, 9.17) is 4.74 Å². The Labute approximate surface area is 63.1 Å². The van der Waals surface area contributed by atoms with Crippen LogP contribution in [0.5, 0.6) is 0 Å². The van der Waals surface area contributed by atoms with E-state index in [9.17, 15) is 0 Å². The van der Waals surface area contributed by atoms with E-state index in [1.165, 1.54) is 19.3 Å². The van der Waals surface area contributed by atoms with Crippen molar-refractivity contribution in [1.29, 1.82) is 0 Å². The van der Waals surface area contributed by atoms with Crippen LogP contribution in [0.15, 0.2) is 13.2 Å². The van der Waals surface area contributed by atoms with Crippen molar-refractivity contribution in [2.45, 2.75) is 38.4 Å². The number of fused-ring (bicyclic) bond motifs is 1. The molecule has 2 rings (SSSR count). The SMILES string of the molecule is C=C.CC1CCC2OC2C1. The summed E-state index contributed by atoms with van der Waals surface area (Å²) in [5, 5.41) is 0. The van der Waals surface area contributed by atoms with Crippen molar-refractivity contribution in [3.05, 3.63) is 13.2 Å². The van der Waals surface area contributed by atoms with Gasteiger partial charge in [0.15, 0.2) is 0 Å². The minimum Gasteiger partial charge on any atom is -0.370 e. The predicted octanol–water partition coefficient (Wildman–Crippen LogP) is 2.38. The maximum atomic E-state index is 5.35. The molecule has 1 saturated heterocycles. The first kappa shape index (κ1) is 7.80. The van der Waals surface area contributed by atoms with Crippen molar-refractivity contribution in [3.63, 3.8) is 0 Å². The highest BCUT2D eigenvalue weighted by Crippen LogP contribution is 2.38. The number of rotatable bonds is 0. The largest absolute Gasteiger partial charge is 0.370 e. The van der Waals surface area contributed by atoms with Crippen LogP contribution in [0.3, 0.4) is 0 Å². The number of ether oxygens (including phenoxy) is 1. The summed E-state index contributed by atoms with van der Waals surface area (Å²) in [7, 11) is 0.